The number of carbonyl (C=O) groups excluding carboxylic acids is 2. The molecule has 3 heterocycles. The van der Waals surface area contributed by atoms with Crippen molar-refractivity contribution in [3.05, 3.63) is 103 Å². The molecular formula is C26H19N3O3. The van der Waals surface area contributed by atoms with Crippen LogP contribution in [0.25, 0.3) is 10.8 Å². The minimum atomic E-state index is -0.882. The fraction of sp³-hybridized carbons (Fsp3) is 0.115. The number of aromatic nitrogens is 1. The van der Waals surface area contributed by atoms with E-state index in [0.717, 1.165) is 22.0 Å². The van der Waals surface area contributed by atoms with E-state index in [4.69, 9.17) is 4.84 Å². The Morgan fingerprint density at radius 1 is 0.719 bits per heavy atom. The van der Waals surface area contributed by atoms with Crippen molar-refractivity contribution in [2.24, 2.45) is 5.92 Å². The second-order valence-corrected chi connectivity index (χ2v) is 7.98. The first-order valence-electron chi connectivity index (χ1n) is 10.5. The van der Waals surface area contributed by atoms with Gasteiger partial charge in [0.1, 0.15) is 5.92 Å². The molecule has 6 rings (SSSR count). The number of hydrogen-bond donors (Lipinski definition) is 0. The van der Waals surface area contributed by atoms with Crippen LogP contribution >= 0.6 is 0 Å². The van der Waals surface area contributed by atoms with Gasteiger partial charge in [0.25, 0.3) is 5.91 Å². The van der Waals surface area contributed by atoms with Crippen LogP contribution in [0, 0.1) is 5.92 Å². The number of pyridine rings is 1. The van der Waals surface area contributed by atoms with Gasteiger partial charge in [0, 0.05) is 12.4 Å². The zero-order chi connectivity index (χ0) is 21.7. The summed E-state index contributed by atoms with van der Waals surface area (Å²) in [4.78, 5) is 38.6. The maximum absolute atomic E-state index is 13.7. The predicted octanol–water partition coefficient (Wildman–Crippen LogP) is 4.29. The number of imide groups is 1. The molecule has 6 heteroatoms. The molecule has 1 aromatic heterocycles. The first kappa shape index (κ1) is 18.7. The summed E-state index contributed by atoms with van der Waals surface area (Å²) in [5.74, 6) is -1.25. The summed E-state index contributed by atoms with van der Waals surface area (Å²) in [6.45, 7) is 0. The minimum Gasteiger partial charge on any atom is -0.273 e. The largest absolute Gasteiger partial charge is 0.273 e. The molecule has 0 bridgehead atoms. The lowest BCUT2D eigenvalue weighted by Gasteiger charge is -2.28. The second-order valence-electron chi connectivity index (χ2n) is 7.98. The number of hydroxylamine groups is 1. The van der Waals surface area contributed by atoms with Gasteiger partial charge in [-0.25, -0.2) is 9.96 Å². The van der Waals surface area contributed by atoms with Crippen LogP contribution in [0.4, 0.5) is 11.4 Å². The Kier molecular flexibility index (Phi) is 4.26. The normalized spacial score (nSPS) is 22.6. The molecule has 2 saturated heterocycles. The van der Waals surface area contributed by atoms with E-state index in [-0.39, 0.29) is 11.8 Å². The standard InChI is InChI=1S/C26H19N3O3/c30-25-22-23(18-12-14-27-15-13-18)29(20-8-2-1-3-9-20)32-24(22)26(31)28(25)21-11-10-17-6-4-5-7-19(17)16-21/h1-16,22-24H/t22-,23-,24+/m0/s1. The molecule has 2 aliphatic rings. The van der Waals surface area contributed by atoms with E-state index >= 15 is 0 Å². The van der Waals surface area contributed by atoms with Gasteiger partial charge >= 0.3 is 0 Å². The van der Waals surface area contributed by atoms with Crippen molar-refractivity contribution in [3.63, 3.8) is 0 Å². The molecule has 0 unspecified atom stereocenters. The van der Waals surface area contributed by atoms with Gasteiger partial charge in [-0.05, 0) is 52.7 Å². The van der Waals surface area contributed by atoms with E-state index in [1.165, 1.54) is 4.90 Å². The average Bonchev–Trinajstić information content (AvgIpc) is 3.36. The number of fused-ring (bicyclic) bond motifs is 2. The number of rotatable bonds is 3. The Hall–Kier alpha value is -4.03. The molecule has 2 amide bonds. The summed E-state index contributed by atoms with van der Waals surface area (Å²) in [6, 6.07) is 26.3. The third kappa shape index (κ3) is 2.81. The van der Waals surface area contributed by atoms with Crippen LogP contribution in [-0.2, 0) is 14.4 Å². The Balaban J connectivity index is 1.43. The minimum absolute atomic E-state index is 0.254. The van der Waals surface area contributed by atoms with E-state index in [1.54, 1.807) is 17.5 Å². The van der Waals surface area contributed by atoms with Crippen LogP contribution in [0.5, 0.6) is 0 Å². The predicted molar refractivity (Wildman–Crippen MR) is 121 cm³/mol. The molecule has 156 valence electrons. The highest BCUT2D eigenvalue weighted by molar-refractivity contribution is 6.24. The van der Waals surface area contributed by atoms with Crippen molar-refractivity contribution >= 4 is 34.0 Å². The lowest BCUT2D eigenvalue weighted by atomic mass is 9.91. The van der Waals surface area contributed by atoms with E-state index in [1.807, 2.05) is 84.9 Å². The number of benzene rings is 3. The van der Waals surface area contributed by atoms with Gasteiger partial charge in [-0.2, -0.15) is 0 Å². The highest BCUT2D eigenvalue weighted by Crippen LogP contribution is 2.47. The van der Waals surface area contributed by atoms with Crippen LogP contribution in [0.2, 0.25) is 0 Å². The van der Waals surface area contributed by atoms with E-state index < -0.39 is 18.1 Å². The number of amides is 2. The van der Waals surface area contributed by atoms with E-state index in [2.05, 4.69) is 4.98 Å². The zero-order valence-electron chi connectivity index (χ0n) is 17.0. The third-order valence-corrected chi connectivity index (χ3v) is 6.16. The van der Waals surface area contributed by atoms with Gasteiger partial charge in [-0.1, -0.05) is 48.5 Å². The number of hydrogen-bond acceptors (Lipinski definition) is 5. The summed E-state index contributed by atoms with van der Waals surface area (Å²) < 4.78 is 0. The van der Waals surface area contributed by atoms with Crippen LogP contribution in [0.3, 0.4) is 0 Å². The Labute approximate surface area is 184 Å². The van der Waals surface area contributed by atoms with Gasteiger partial charge in [-0.15, -0.1) is 0 Å². The lowest BCUT2D eigenvalue weighted by molar-refractivity contribution is -0.126. The fourth-order valence-electron chi connectivity index (χ4n) is 4.68. The van der Waals surface area contributed by atoms with Crippen LogP contribution in [0.15, 0.2) is 97.3 Å². The Morgan fingerprint density at radius 2 is 1.44 bits per heavy atom. The van der Waals surface area contributed by atoms with Crippen LogP contribution < -0.4 is 9.96 Å². The van der Waals surface area contributed by atoms with E-state index in [0.29, 0.717) is 5.69 Å². The van der Waals surface area contributed by atoms with Gasteiger partial charge in [0.05, 0.1) is 17.4 Å². The number of carbonyl (C=O) groups is 2. The number of nitrogens with zero attached hydrogens (tertiary/aromatic N) is 3. The van der Waals surface area contributed by atoms with Gasteiger partial charge < -0.3 is 0 Å². The summed E-state index contributed by atoms with van der Waals surface area (Å²) in [5, 5.41) is 3.72. The highest BCUT2D eigenvalue weighted by atomic mass is 16.7. The van der Waals surface area contributed by atoms with Gasteiger partial charge in [0.2, 0.25) is 5.91 Å². The van der Waals surface area contributed by atoms with Crippen molar-refractivity contribution in [2.45, 2.75) is 12.1 Å². The maximum atomic E-state index is 13.7. The molecule has 0 saturated carbocycles. The molecule has 6 nitrogen and oxygen atoms in total. The summed E-state index contributed by atoms with van der Waals surface area (Å²) in [7, 11) is 0. The summed E-state index contributed by atoms with van der Waals surface area (Å²) in [6.07, 6.45) is 2.50. The van der Waals surface area contributed by atoms with Crippen molar-refractivity contribution in [1.29, 1.82) is 0 Å². The molecule has 4 aromatic rings. The van der Waals surface area contributed by atoms with Gasteiger partial charge in [-0.3, -0.25) is 19.4 Å². The maximum Gasteiger partial charge on any atom is 0.266 e. The molecule has 3 atom stereocenters. The quantitative estimate of drug-likeness (QED) is 0.462. The van der Waals surface area contributed by atoms with Crippen molar-refractivity contribution in [1.82, 2.24) is 4.98 Å². The van der Waals surface area contributed by atoms with Crippen LogP contribution in [0.1, 0.15) is 11.6 Å². The molecule has 0 spiro atoms. The molecule has 0 radical (unpaired) electrons. The van der Waals surface area contributed by atoms with Crippen molar-refractivity contribution < 1.29 is 14.4 Å². The van der Waals surface area contributed by atoms with Crippen LogP contribution in [-0.4, -0.2) is 22.9 Å². The zero-order valence-corrected chi connectivity index (χ0v) is 17.0. The summed E-state index contributed by atoms with van der Waals surface area (Å²) in [5.41, 5.74) is 2.23. The monoisotopic (exact) mass is 421 g/mol. The molecule has 2 aliphatic heterocycles. The molecule has 2 fully saturated rings. The Morgan fingerprint density at radius 3 is 2.22 bits per heavy atom. The average molecular weight is 421 g/mol. The fourth-order valence-corrected chi connectivity index (χ4v) is 4.68. The smallest absolute Gasteiger partial charge is 0.266 e. The molecule has 3 aromatic carbocycles. The van der Waals surface area contributed by atoms with Gasteiger partial charge in [0.15, 0.2) is 6.10 Å². The molecule has 32 heavy (non-hydrogen) atoms. The first-order valence-corrected chi connectivity index (χ1v) is 10.5. The Bertz CT molecular complexity index is 1330. The molecular weight excluding hydrogens is 402 g/mol. The SMILES string of the molecule is O=C1[C@@H]2[C@@H](ON(c3ccccc3)[C@H]2c2ccncc2)C(=O)N1c1ccc2ccccc2c1. The molecule has 0 aliphatic carbocycles. The first-order chi connectivity index (χ1) is 15.7. The topological polar surface area (TPSA) is 62.7 Å². The van der Waals surface area contributed by atoms with E-state index in [9.17, 15) is 9.59 Å². The number of para-hydroxylation sites is 1. The molecule has 0 N–H and O–H groups in total. The summed E-state index contributed by atoms with van der Waals surface area (Å²) >= 11 is 0. The number of anilines is 2. The van der Waals surface area contributed by atoms with Crippen molar-refractivity contribution in [2.75, 3.05) is 9.96 Å². The lowest BCUT2D eigenvalue weighted by Crippen LogP contribution is -2.37. The highest BCUT2D eigenvalue weighted by Gasteiger charge is 2.60. The van der Waals surface area contributed by atoms with Crippen molar-refractivity contribution in [3.8, 4) is 0 Å². The second kappa shape index (κ2) is 7.28. The third-order valence-electron chi connectivity index (χ3n) is 6.16.